The van der Waals surface area contributed by atoms with E-state index in [1.165, 1.54) is 5.57 Å². The Morgan fingerprint density at radius 2 is 2.42 bits per heavy atom. The van der Waals surface area contributed by atoms with E-state index in [1.807, 2.05) is 18.5 Å². The molecule has 0 aromatic heterocycles. The van der Waals surface area contributed by atoms with Crippen LogP contribution in [0, 0.1) is 18.3 Å². The Morgan fingerprint density at radius 1 is 1.50 bits per heavy atom. The van der Waals surface area contributed by atoms with E-state index in [0.29, 0.717) is 5.92 Å². The summed E-state index contributed by atoms with van der Waals surface area (Å²) in [6.07, 6.45) is 16.2. The van der Waals surface area contributed by atoms with Crippen molar-refractivity contribution in [3.63, 3.8) is 0 Å². The second kappa shape index (κ2) is 2.83. The summed E-state index contributed by atoms with van der Waals surface area (Å²) in [5, 5.41) is 0. The van der Waals surface area contributed by atoms with Gasteiger partial charge in [0.2, 0.25) is 0 Å². The molecule has 0 aromatic carbocycles. The maximum atomic E-state index is 5.30. The third-order valence-electron chi connectivity index (χ3n) is 2.12. The SMILES string of the molecule is C#CC1=CC2CC=NC=C2C=C1. The van der Waals surface area contributed by atoms with Crippen molar-refractivity contribution in [1.29, 1.82) is 0 Å². The Labute approximate surface area is 72.2 Å². The zero-order valence-electron chi connectivity index (χ0n) is 6.70. The number of hydrogen-bond donors (Lipinski definition) is 0. The van der Waals surface area contributed by atoms with Gasteiger partial charge in [0.1, 0.15) is 0 Å². The van der Waals surface area contributed by atoms with Crippen LogP contribution in [0.4, 0.5) is 0 Å². The average molecular weight is 155 g/mol. The van der Waals surface area contributed by atoms with Crippen LogP contribution in [0.2, 0.25) is 0 Å². The predicted octanol–water partition coefficient (Wildman–Crippen LogP) is 2.09. The van der Waals surface area contributed by atoms with Crippen molar-refractivity contribution in [2.75, 3.05) is 0 Å². The molecule has 1 unspecified atom stereocenters. The first-order valence-electron chi connectivity index (χ1n) is 3.98. The van der Waals surface area contributed by atoms with Crippen LogP contribution >= 0.6 is 0 Å². The van der Waals surface area contributed by atoms with Gasteiger partial charge in [0.15, 0.2) is 0 Å². The predicted molar refractivity (Wildman–Crippen MR) is 50.7 cm³/mol. The first-order chi connectivity index (χ1) is 5.90. The fourth-order valence-electron chi connectivity index (χ4n) is 1.43. The minimum atomic E-state index is 0.457. The van der Waals surface area contributed by atoms with Crippen molar-refractivity contribution in [1.82, 2.24) is 0 Å². The maximum Gasteiger partial charge on any atom is 0.0302 e. The van der Waals surface area contributed by atoms with Crippen molar-refractivity contribution in [2.24, 2.45) is 10.9 Å². The van der Waals surface area contributed by atoms with Gasteiger partial charge in [-0.3, -0.25) is 4.99 Å². The van der Waals surface area contributed by atoms with E-state index in [2.05, 4.69) is 23.1 Å². The van der Waals surface area contributed by atoms with Crippen LogP contribution in [0.3, 0.4) is 0 Å². The van der Waals surface area contributed by atoms with Crippen molar-refractivity contribution in [3.8, 4) is 12.3 Å². The molecule has 1 aliphatic heterocycles. The molecule has 0 spiro atoms. The molecule has 1 heteroatoms. The van der Waals surface area contributed by atoms with Gasteiger partial charge < -0.3 is 0 Å². The smallest absolute Gasteiger partial charge is 0.0302 e. The Hall–Kier alpha value is -1.55. The lowest BCUT2D eigenvalue weighted by molar-refractivity contribution is 0.805. The highest BCUT2D eigenvalue weighted by atomic mass is 14.7. The average Bonchev–Trinajstić information content (AvgIpc) is 2.17. The third kappa shape index (κ3) is 1.12. The molecule has 0 bridgehead atoms. The number of aliphatic imine (C=N–C) groups is 1. The van der Waals surface area contributed by atoms with Gasteiger partial charge in [-0.1, -0.05) is 18.1 Å². The van der Waals surface area contributed by atoms with Crippen LogP contribution in [0.25, 0.3) is 0 Å². The third-order valence-corrected chi connectivity index (χ3v) is 2.12. The van der Waals surface area contributed by atoms with Crippen LogP contribution in [-0.2, 0) is 0 Å². The van der Waals surface area contributed by atoms with Crippen molar-refractivity contribution >= 4 is 6.21 Å². The highest BCUT2D eigenvalue weighted by Gasteiger charge is 2.14. The van der Waals surface area contributed by atoms with Gasteiger partial charge in [-0.25, -0.2) is 0 Å². The largest absolute Gasteiger partial charge is 0.269 e. The molecular formula is C11H9N. The van der Waals surface area contributed by atoms with Gasteiger partial charge in [0, 0.05) is 23.9 Å². The van der Waals surface area contributed by atoms with Gasteiger partial charge in [-0.15, -0.1) is 6.42 Å². The fourth-order valence-corrected chi connectivity index (χ4v) is 1.43. The Balaban J connectivity index is 2.33. The van der Waals surface area contributed by atoms with Crippen LogP contribution in [0.5, 0.6) is 0 Å². The lowest BCUT2D eigenvalue weighted by Gasteiger charge is -2.18. The summed E-state index contributed by atoms with van der Waals surface area (Å²) in [6.45, 7) is 0. The highest BCUT2D eigenvalue weighted by Crippen LogP contribution is 2.26. The molecule has 0 fully saturated rings. The topological polar surface area (TPSA) is 12.4 Å². The summed E-state index contributed by atoms with van der Waals surface area (Å²) in [7, 11) is 0. The second-order valence-corrected chi connectivity index (χ2v) is 2.90. The first-order valence-corrected chi connectivity index (χ1v) is 3.98. The molecule has 12 heavy (non-hydrogen) atoms. The number of terminal acetylenes is 1. The molecule has 0 saturated heterocycles. The van der Waals surface area contributed by atoms with Crippen LogP contribution in [0.15, 0.2) is 40.6 Å². The number of fused-ring (bicyclic) bond motifs is 1. The molecule has 0 N–H and O–H groups in total. The Morgan fingerprint density at radius 3 is 3.25 bits per heavy atom. The van der Waals surface area contributed by atoms with Gasteiger partial charge in [0.05, 0.1) is 0 Å². The molecule has 1 nitrogen and oxygen atoms in total. The van der Waals surface area contributed by atoms with Crippen LogP contribution in [-0.4, -0.2) is 6.21 Å². The lowest BCUT2D eigenvalue weighted by Crippen LogP contribution is -2.07. The van der Waals surface area contributed by atoms with E-state index in [0.717, 1.165) is 12.0 Å². The minimum absolute atomic E-state index is 0.457. The lowest BCUT2D eigenvalue weighted by atomic mass is 9.88. The molecule has 0 saturated carbocycles. The highest BCUT2D eigenvalue weighted by molar-refractivity contribution is 5.64. The monoisotopic (exact) mass is 155 g/mol. The molecule has 0 aromatic rings. The number of hydrogen-bond acceptors (Lipinski definition) is 1. The molecule has 58 valence electrons. The standard InChI is InChI=1S/C11H9N/c1-2-9-3-4-11-8-12-6-5-10(11)7-9/h1,3-4,6-8,10H,5H2. The van der Waals surface area contributed by atoms with E-state index in [-0.39, 0.29) is 0 Å². The van der Waals surface area contributed by atoms with Crippen molar-refractivity contribution < 1.29 is 0 Å². The van der Waals surface area contributed by atoms with Gasteiger partial charge in [0.25, 0.3) is 0 Å². The van der Waals surface area contributed by atoms with E-state index >= 15 is 0 Å². The zero-order valence-corrected chi connectivity index (χ0v) is 6.70. The van der Waals surface area contributed by atoms with E-state index < -0.39 is 0 Å². The summed E-state index contributed by atoms with van der Waals surface area (Å²) in [5.41, 5.74) is 2.24. The van der Waals surface area contributed by atoms with Crippen LogP contribution < -0.4 is 0 Å². The quantitative estimate of drug-likeness (QED) is 0.475. The number of allylic oxidation sites excluding steroid dienone is 5. The number of nitrogens with zero attached hydrogens (tertiary/aromatic N) is 1. The minimum Gasteiger partial charge on any atom is -0.269 e. The van der Waals surface area contributed by atoms with Crippen molar-refractivity contribution in [3.05, 3.63) is 35.6 Å². The van der Waals surface area contributed by atoms with Gasteiger partial charge in [-0.2, -0.15) is 0 Å². The summed E-state index contributed by atoms with van der Waals surface area (Å²) < 4.78 is 0. The molecule has 2 aliphatic rings. The summed E-state index contributed by atoms with van der Waals surface area (Å²) in [4.78, 5) is 4.09. The summed E-state index contributed by atoms with van der Waals surface area (Å²) >= 11 is 0. The zero-order chi connectivity index (χ0) is 8.39. The van der Waals surface area contributed by atoms with Gasteiger partial charge >= 0.3 is 0 Å². The van der Waals surface area contributed by atoms with E-state index in [9.17, 15) is 0 Å². The fraction of sp³-hybridized carbons (Fsp3) is 0.182. The number of rotatable bonds is 0. The summed E-state index contributed by atoms with van der Waals surface area (Å²) in [5.74, 6) is 3.10. The molecule has 0 radical (unpaired) electrons. The Kier molecular flexibility index (Phi) is 1.68. The first kappa shape index (κ1) is 7.12. The van der Waals surface area contributed by atoms with E-state index in [1.54, 1.807) is 0 Å². The normalized spacial score (nSPS) is 25.4. The molecule has 1 atom stereocenters. The maximum absolute atomic E-state index is 5.30. The molecule has 1 heterocycles. The van der Waals surface area contributed by atoms with Crippen LogP contribution in [0.1, 0.15) is 6.42 Å². The molecule has 1 aliphatic carbocycles. The Bertz CT molecular complexity index is 348. The second-order valence-electron chi connectivity index (χ2n) is 2.90. The van der Waals surface area contributed by atoms with Crippen molar-refractivity contribution in [2.45, 2.75) is 6.42 Å². The van der Waals surface area contributed by atoms with Gasteiger partial charge in [-0.05, 0) is 18.1 Å². The van der Waals surface area contributed by atoms with E-state index in [4.69, 9.17) is 6.42 Å². The molecular weight excluding hydrogens is 146 g/mol. The summed E-state index contributed by atoms with van der Waals surface area (Å²) in [6, 6.07) is 0. The molecule has 0 amide bonds. The molecule has 2 rings (SSSR count).